The Morgan fingerprint density at radius 3 is 2.64 bits per heavy atom. The summed E-state index contributed by atoms with van der Waals surface area (Å²) in [6, 6.07) is 5.77. The van der Waals surface area contributed by atoms with Gasteiger partial charge in [0.25, 0.3) is 5.91 Å². The van der Waals surface area contributed by atoms with Crippen molar-refractivity contribution in [2.75, 3.05) is 27.2 Å². The van der Waals surface area contributed by atoms with Crippen molar-refractivity contribution in [3.8, 4) is 0 Å². The molecular weight excluding hydrogens is 324 g/mol. The van der Waals surface area contributed by atoms with Gasteiger partial charge in [0.05, 0.1) is 11.8 Å². The number of furan rings is 2. The number of aliphatic hydroxyl groups excluding tert-OH is 1. The first kappa shape index (κ1) is 17.0. The van der Waals surface area contributed by atoms with Gasteiger partial charge in [-0.3, -0.25) is 9.59 Å². The van der Waals surface area contributed by atoms with Gasteiger partial charge in [0.15, 0.2) is 11.5 Å². The smallest absolute Gasteiger partial charge is 0.290 e. The van der Waals surface area contributed by atoms with Crippen molar-refractivity contribution in [3.05, 3.63) is 59.1 Å². The quantitative estimate of drug-likeness (QED) is 0.809. The van der Waals surface area contributed by atoms with Crippen LogP contribution < -0.4 is 0 Å². The normalized spacial score (nSPS) is 17.8. The van der Waals surface area contributed by atoms with Crippen LogP contribution >= 0.6 is 0 Å². The van der Waals surface area contributed by atoms with Crippen LogP contribution in [0.5, 0.6) is 0 Å². The highest BCUT2D eigenvalue weighted by Crippen LogP contribution is 2.39. The van der Waals surface area contributed by atoms with Gasteiger partial charge >= 0.3 is 0 Å². The van der Waals surface area contributed by atoms with Gasteiger partial charge in [-0.05, 0) is 45.3 Å². The molecule has 0 saturated heterocycles. The van der Waals surface area contributed by atoms with Gasteiger partial charge in [-0.1, -0.05) is 0 Å². The van der Waals surface area contributed by atoms with Crippen molar-refractivity contribution in [2.24, 2.45) is 0 Å². The standard InChI is InChI=1S/C18H20N2O5/c1-11-6-7-12(25-11)15-14(16(21)13-5-4-10-24-13)17(22)18(23)20(15)9-8-19(2)3/h4-7,10,15,22H,8-9H2,1-3H3/t15-/m0/s1. The van der Waals surface area contributed by atoms with Gasteiger partial charge in [0.1, 0.15) is 17.6 Å². The fourth-order valence-electron chi connectivity index (χ4n) is 2.86. The molecule has 2 aromatic rings. The van der Waals surface area contributed by atoms with E-state index in [-0.39, 0.29) is 11.3 Å². The van der Waals surface area contributed by atoms with E-state index in [0.29, 0.717) is 24.6 Å². The lowest BCUT2D eigenvalue weighted by Crippen LogP contribution is -2.36. The van der Waals surface area contributed by atoms with Crippen LogP contribution in [0.1, 0.15) is 28.1 Å². The lowest BCUT2D eigenvalue weighted by atomic mass is 10.00. The highest BCUT2D eigenvalue weighted by molar-refractivity contribution is 6.14. The number of ketones is 1. The first-order valence-electron chi connectivity index (χ1n) is 7.93. The molecule has 1 amide bonds. The zero-order chi connectivity index (χ0) is 18.1. The van der Waals surface area contributed by atoms with Crippen molar-refractivity contribution >= 4 is 11.7 Å². The van der Waals surface area contributed by atoms with Gasteiger partial charge in [0, 0.05) is 13.1 Å². The maximum absolute atomic E-state index is 12.8. The summed E-state index contributed by atoms with van der Waals surface area (Å²) >= 11 is 0. The number of carbonyl (C=O) groups is 2. The molecule has 25 heavy (non-hydrogen) atoms. The van der Waals surface area contributed by atoms with Gasteiger partial charge in [-0.25, -0.2) is 0 Å². The van der Waals surface area contributed by atoms with E-state index >= 15 is 0 Å². The van der Waals surface area contributed by atoms with Crippen molar-refractivity contribution in [3.63, 3.8) is 0 Å². The molecule has 1 aliphatic rings. The van der Waals surface area contributed by atoms with E-state index in [2.05, 4.69) is 0 Å². The number of nitrogens with zero attached hydrogens (tertiary/aromatic N) is 2. The molecule has 0 radical (unpaired) electrons. The molecule has 1 aliphatic heterocycles. The summed E-state index contributed by atoms with van der Waals surface area (Å²) in [6.45, 7) is 2.70. The van der Waals surface area contributed by atoms with Crippen LogP contribution in [0.15, 0.2) is 50.7 Å². The van der Waals surface area contributed by atoms with E-state index in [1.54, 1.807) is 25.1 Å². The third-order valence-corrected chi connectivity index (χ3v) is 4.11. The average Bonchev–Trinajstić information content (AvgIpc) is 3.27. The fraction of sp³-hybridized carbons (Fsp3) is 0.333. The second kappa shape index (κ2) is 6.60. The number of rotatable bonds is 6. The van der Waals surface area contributed by atoms with E-state index < -0.39 is 23.5 Å². The summed E-state index contributed by atoms with van der Waals surface area (Å²) in [4.78, 5) is 28.7. The van der Waals surface area contributed by atoms with E-state index in [0.717, 1.165) is 0 Å². The summed E-state index contributed by atoms with van der Waals surface area (Å²) in [6.07, 6.45) is 1.37. The Labute approximate surface area is 145 Å². The molecule has 7 nitrogen and oxygen atoms in total. The van der Waals surface area contributed by atoms with Crippen LogP contribution in [-0.4, -0.2) is 53.8 Å². The number of amides is 1. The predicted octanol–water partition coefficient (Wildman–Crippen LogP) is 2.32. The highest BCUT2D eigenvalue weighted by atomic mass is 16.3. The minimum absolute atomic E-state index is 0.0203. The first-order chi connectivity index (χ1) is 11.9. The van der Waals surface area contributed by atoms with E-state index in [1.807, 2.05) is 19.0 Å². The summed E-state index contributed by atoms with van der Waals surface area (Å²) in [5, 5.41) is 10.4. The van der Waals surface area contributed by atoms with Crippen LogP contribution in [0.4, 0.5) is 0 Å². The number of aryl methyl sites for hydroxylation is 1. The predicted molar refractivity (Wildman–Crippen MR) is 89.1 cm³/mol. The van der Waals surface area contributed by atoms with E-state index in [9.17, 15) is 14.7 Å². The minimum atomic E-state index is -0.779. The van der Waals surface area contributed by atoms with Crippen molar-refractivity contribution in [1.29, 1.82) is 0 Å². The van der Waals surface area contributed by atoms with Gasteiger partial charge in [-0.15, -0.1) is 0 Å². The second-order valence-electron chi connectivity index (χ2n) is 6.22. The lowest BCUT2D eigenvalue weighted by Gasteiger charge is -2.26. The molecule has 0 unspecified atom stereocenters. The Hall–Kier alpha value is -2.80. The SMILES string of the molecule is Cc1ccc([C@H]2C(C(=O)c3ccco3)=C(O)C(=O)N2CCN(C)C)o1. The maximum atomic E-state index is 12.8. The molecule has 3 rings (SSSR count). The second-order valence-corrected chi connectivity index (χ2v) is 6.22. The number of likely N-dealkylation sites (N-methyl/N-ethyl adjacent to an activating group) is 1. The van der Waals surface area contributed by atoms with E-state index in [1.165, 1.54) is 17.2 Å². The third-order valence-electron chi connectivity index (χ3n) is 4.11. The van der Waals surface area contributed by atoms with Crippen LogP contribution in [0.2, 0.25) is 0 Å². The molecular formula is C18H20N2O5. The Balaban J connectivity index is 2.03. The van der Waals surface area contributed by atoms with Gasteiger partial charge < -0.3 is 23.7 Å². The average molecular weight is 344 g/mol. The first-order valence-corrected chi connectivity index (χ1v) is 7.93. The van der Waals surface area contributed by atoms with Gasteiger partial charge in [-0.2, -0.15) is 0 Å². The van der Waals surface area contributed by atoms with Crippen molar-refractivity contribution in [1.82, 2.24) is 9.80 Å². The molecule has 2 aromatic heterocycles. The highest BCUT2D eigenvalue weighted by Gasteiger charge is 2.45. The number of Topliss-reactive ketones (excluding diaryl/α,β-unsaturated/α-hetero) is 1. The number of hydrogen-bond acceptors (Lipinski definition) is 6. The summed E-state index contributed by atoms with van der Waals surface area (Å²) in [5.74, 6) is -0.510. The third kappa shape index (κ3) is 3.10. The number of aliphatic hydroxyl groups is 1. The molecule has 0 fully saturated rings. The van der Waals surface area contributed by atoms with Crippen molar-refractivity contribution in [2.45, 2.75) is 13.0 Å². The molecule has 1 N–H and O–H groups in total. The summed E-state index contributed by atoms with van der Waals surface area (Å²) in [5.41, 5.74) is -0.0203. The molecule has 0 aliphatic carbocycles. The Bertz CT molecular complexity index is 816. The topological polar surface area (TPSA) is 87.1 Å². The van der Waals surface area contributed by atoms with Crippen molar-refractivity contribution < 1.29 is 23.5 Å². The lowest BCUT2D eigenvalue weighted by molar-refractivity contribution is -0.129. The van der Waals surface area contributed by atoms with Gasteiger partial charge in [0.2, 0.25) is 5.78 Å². The Morgan fingerprint density at radius 1 is 1.32 bits per heavy atom. The zero-order valence-electron chi connectivity index (χ0n) is 14.4. The molecule has 0 spiro atoms. The molecule has 1 atom stereocenters. The number of carbonyl (C=O) groups excluding carboxylic acids is 2. The Kier molecular flexibility index (Phi) is 4.50. The van der Waals surface area contributed by atoms with E-state index in [4.69, 9.17) is 8.83 Å². The summed E-state index contributed by atoms with van der Waals surface area (Å²) in [7, 11) is 3.77. The maximum Gasteiger partial charge on any atom is 0.290 e. The molecule has 3 heterocycles. The van der Waals surface area contributed by atoms with Crippen LogP contribution in [0, 0.1) is 6.92 Å². The minimum Gasteiger partial charge on any atom is -0.503 e. The summed E-state index contributed by atoms with van der Waals surface area (Å²) < 4.78 is 10.8. The number of hydrogen-bond donors (Lipinski definition) is 1. The van der Waals surface area contributed by atoms with Crippen LogP contribution in [0.25, 0.3) is 0 Å². The largest absolute Gasteiger partial charge is 0.503 e. The Morgan fingerprint density at radius 2 is 2.08 bits per heavy atom. The molecule has 0 saturated carbocycles. The van der Waals surface area contributed by atoms with Crippen LogP contribution in [-0.2, 0) is 4.79 Å². The molecule has 7 heteroatoms. The molecule has 132 valence electrons. The van der Waals surface area contributed by atoms with Crippen LogP contribution in [0.3, 0.4) is 0 Å². The zero-order valence-corrected chi connectivity index (χ0v) is 14.4. The fourth-order valence-corrected chi connectivity index (χ4v) is 2.86. The molecule has 0 bridgehead atoms. The molecule has 0 aromatic carbocycles. The monoisotopic (exact) mass is 344 g/mol.